The van der Waals surface area contributed by atoms with E-state index in [0.29, 0.717) is 17.0 Å². The van der Waals surface area contributed by atoms with E-state index in [2.05, 4.69) is 15.0 Å². The third-order valence-corrected chi connectivity index (χ3v) is 6.04. The molecule has 0 atom stereocenters. The van der Waals surface area contributed by atoms with Gasteiger partial charge in [-0.2, -0.15) is 4.73 Å². The van der Waals surface area contributed by atoms with E-state index in [1.165, 1.54) is 11.8 Å². The second kappa shape index (κ2) is 9.54. The Hall–Kier alpha value is -4.05. The molecule has 4 aromatic rings. The average Bonchev–Trinajstić information content (AvgIpc) is 3.16. The van der Waals surface area contributed by atoms with Crippen LogP contribution in [0.15, 0.2) is 67.0 Å². The number of pyridine rings is 1. The van der Waals surface area contributed by atoms with Gasteiger partial charge >= 0.3 is 0 Å². The zero-order valence-corrected chi connectivity index (χ0v) is 21.5. The highest BCUT2D eigenvalue weighted by molar-refractivity contribution is 7.92. The van der Waals surface area contributed by atoms with Gasteiger partial charge in [0, 0.05) is 29.9 Å². The number of aromatic nitrogens is 2. The van der Waals surface area contributed by atoms with E-state index in [0.717, 1.165) is 17.2 Å². The molecule has 0 aliphatic rings. The summed E-state index contributed by atoms with van der Waals surface area (Å²) in [5.41, 5.74) is 1.97. The van der Waals surface area contributed by atoms with Gasteiger partial charge in [-0.05, 0) is 35.2 Å². The van der Waals surface area contributed by atoms with E-state index in [-0.39, 0.29) is 22.5 Å². The number of benzene rings is 2. The molecule has 2 aromatic heterocycles. The Morgan fingerprint density at radius 1 is 1.00 bits per heavy atom. The summed E-state index contributed by atoms with van der Waals surface area (Å²) in [6, 6.07) is 16.1. The molecule has 2 N–H and O–H groups in total. The van der Waals surface area contributed by atoms with Gasteiger partial charge in [-0.15, -0.1) is 0 Å². The molecule has 4 rings (SSSR count). The van der Waals surface area contributed by atoms with Gasteiger partial charge < -0.3 is 14.9 Å². The molecule has 10 heteroatoms. The molecule has 2 heterocycles. The lowest BCUT2D eigenvalue weighted by Gasteiger charge is -2.24. The van der Waals surface area contributed by atoms with Gasteiger partial charge in [-0.25, -0.2) is 8.42 Å². The van der Waals surface area contributed by atoms with Crippen molar-refractivity contribution in [1.82, 2.24) is 9.71 Å². The molecule has 0 radical (unpaired) electrons. The van der Waals surface area contributed by atoms with Crippen LogP contribution in [0.25, 0.3) is 10.9 Å². The molecule has 0 bridgehead atoms. The first kappa shape index (κ1) is 25.1. The summed E-state index contributed by atoms with van der Waals surface area (Å²) in [7, 11) is -2.18. The first-order valence-corrected chi connectivity index (χ1v) is 13.1. The maximum absolute atomic E-state index is 13.6. The van der Waals surface area contributed by atoms with Gasteiger partial charge in [0.1, 0.15) is 5.69 Å². The van der Waals surface area contributed by atoms with Gasteiger partial charge in [0.05, 0.1) is 30.3 Å². The van der Waals surface area contributed by atoms with E-state index < -0.39 is 15.9 Å². The molecular formula is C26H28N4O5S. The number of ether oxygens (including phenoxy) is 1. The van der Waals surface area contributed by atoms with Gasteiger partial charge in [0.15, 0.2) is 11.5 Å². The van der Waals surface area contributed by atoms with E-state index in [1.54, 1.807) is 42.7 Å². The summed E-state index contributed by atoms with van der Waals surface area (Å²) >= 11 is 0. The summed E-state index contributed by atoms with van der Waals surface area (Å²) in [4.78, 5) is 23.6. The monoisotopic (exact) mass is 508 g/mol. The van der Waals surface area contributed by atoms with E-state index in [9.17, 15) is 13.2 Å². The highest BCUT2D eigenvalue weighted by Gasteiger charge is 2.24. The molecule has 0 spiro atoms. The lowest BCUT2D eigenvalue weighted by molar-refractivity contribution is 0.0989. The molecule has 0 aliphatic carbocycles. The minimum absolute atomic E-state index is 0.194. The molecule has 9 nitrogen and oxygen atoms in total. The highest BCUT2D eigenvalue weighted by atomic mass is 32.2. The van der Waals surface area contributed by atoms with Crippen molar-refractivity contribution < 1.29 is 22.8 Å². The number of amides is 1. The van der Waals surface area contributed by atoms with Gasteiger partial charge in [0.2, 0.25) is 10.0 Å². The number of fused-ring (bicyclic) bond motifs is 1. The Morgan fingerprint density at radius 3 is 2.31 bits per heavy atom. The van der Waals surface area contributed by atoms with Crippen molar-refractivity contribution in [3.63, 3.8) is 0 Å². The normalized spacial score (nSPS) is 11.8. The Bertz CT molecular complexity index is 1520. The van der Waals surface area contributed by atoms with Gasteiger partial charge in [-0.1, -0.05) is 39.0 Å². The minimum atomic E-state index is -3.60. The molecule has 0 saturated heterocycles. The van der Waals surface area contributed by atoms with Crippen LogP contribution >= 0.6 is 0 Å². The largest absolute Gasteiger partial charge is 0.492 e. The van der Waals surface area contributed by atoms with Crippen LogP contribution in [0.2, 0.25) is 0 Å². The van der Waals surface area contributed by atoms with Crippen LogP contribution in [0.1, 0.15) is 36.8 Å². The SMILES string of the molecule is COc1c(NC(=O)c2cc3ccccc3n2Oc2ccncc2)cc(C(C)(C)C)cc1NS(C)(=O)=O. The Morgan fingerprint density at radius 2 is 1.67 bits per heavy atom. The fraction of sp³-hybridized carbons (Fsp3) is 0.231. The number of nitrogens with one attached hydrogen (secondary N) is 2. The number of carbonyl (C=O) groups excluding carboxylic acids is 1. The quantitative estimate of drug-likeness (QED) is 0.371. The Kier molecular flexibility index (Phi) is 6.64. The summed E-state index contributed by atoms with van der Waals surface area (Å²) in [5.74, 6) is 0.238. The molecule has 188 valence electrons. The van der Waals surface area contributed by atoms with Crippen LogP contribution < -0.4 is 19.6 Å². The Balaban J connectivity index is 1.81. The minimum Gasteiger partial charge on any atom is -0.492 e. The lowest BCUT2D eigenvalue weighted by Crippen LogP contribution is -2.21. The first-order valence-electron chi connectivity index (χ1n) is 11.2. The fourth-order valence-electron chi connectivity index (χ4n) is 3.73. The van der Waals surface area contributed by atoms with E-state index in [4.69, 9.17) is 9.57 Å². The third-order valence-electron chi connectivity index (χ3n) is 5.45. The second-order valence-electron chi connectivity index (χ2n) is 9.34. The fourth-order valence-corrected chi connectivity index (χ4v) is 4.28. The molecule has 36 heavy (non-hydrogen) atoms. The van der Waals surface area contributed by atoms with Crippen molar-refractivity contribution in [2.75, 3.05) is 23.4 Å². The molecule has 0 unspecified atom stereocenters. The summed E-state index contributed by atoms with van der Waals surface area (Å²) in [5, 5.41) is 3.70. The number of nitrogens with zero attached hydrogens (tertiary/aromatic N) is 2. The predicted octanol–water partition coefficient (Wildman–Crippen LogP) is 4.81. The van der Waals surface area contributed by atoms with Crippen LogP contribution in [-0.2, 0) is 15.4 Å². The zero-order chi connectivity index (χ0) is 26.1. The molecular weight excluding hydrogens is 480 g/mol. The van der Waals surface area contributed by atoms with E-state index in [1.807, 2.05) is 45.0 Å². The van der Waals surface area contributed by atoms with Crippen molar-refractivity contribution in [3.05, 3.63) is 78.2 Å². The second-order valence-corrected chi connectivity index (χ2v) is 11.1. The van der Waals surface area contributed by atoms with Crippen LogP contribution in [0, 0.1) is 0 Å². The standard InChI is InChI=1S/C26H28N4O5S/c1-26(2,3)18-15-20(24(34-4)21(16-18)29-36(5,32)33)28-25(31)23-14-17-8-6-7-9-22(17)30(23)35-19-10-12-27-13-11-19/h6-16,29H,1-5H3,(H,28,31). The smallest absolute Gasteiger partial charge is 0.275 e. The molecule has 0 aliphatic heterocycles. The third kappa shape index (κ3) is 5.44. The van der Waals surface area contributed by atoms with Crippen molar-refractivity contribution in [2.45, 2.75) is 26.2 Å². The number of carbonyl (C=O) groups is 1. The topological polar surface area (TPSA) is 112 Å². The number of sulfonamides is 1. The molecule has 0 fully saturated rings. The molecule has 2 aromatic carbocycles. The van der Waals surface area contributed by atoms with Crippen molar-refractivity contribution >= 4 is 38.2 Å². The number of hydrogen-bond donors (Lipinski definition) is 2. The molecule has 1 amide bonds. The first-order chi connectivity index (χ1) is 17.0. The van der Waals surface area contributed by atoms with Gasteiger partial charge in [0.25, 0.3) is 5.91 Å². The van der Waals surface area contributed by atoms with Crippen molar-refractivity contribution in [3.8, 4) is 11.5 Å². The maximum atomic E-state index is 13.6. The van der Waals surface area contributed by atoms with Crippen LogP contribution in [0.4, 0.5) is 11.4 Å². The number of para-hydroxylation sites is 1. The van der Waals surface area contributed by atoms with Crippen LogP contribution in [0.5, 0.6) is 11.5 Å². The van der Waals surface area contributed by atoms with Gasteiger partial charge in [-0.3, -0.25) is 14.5 Å². The van der Waals surface area contributed by atoms with E-state index >= 15 is 0 Å². The summed E-state index contributed by atoms with van der Waals surface area (Å²) in [6.07, 6.45) is 4.25. The van der Waals surface area contributed by atoms with Crippen molar-refractivity contribution in [2.24, 2.45) is 0 Å². The Labute approximate surface area is 210 Å². The van der Waals surface area contributed by atoms with Crippen LogP contribution in [0.3, 0.4) is 0 Å². The number of anilines is 2. The zero-order valence-electron chi connectivity index (χ0n) is 20.7. The number of rotatable bonds is 7. The molecule has 0 saturated carbocycles. The van der Waals surface area contributed by atoms with Crippen molar-refractivity contribution in [1.29, 1.82) is 0 Å². The highest BCUT2D eigenvalue weighted by Crippen LogP contribution is 2.39. The predicted molar refractivity (Wildman–Crippen MR) is 140 cm³/mol. The average molecular weight is 509 g/mol. The lowest BCUT2D eigenvalue weighted by atomic mass is 9.86. The van der Waals surface area contributed by atoms with Crippen LogP contribution in [-0.4, -0.2) is 37.4 Å². The number of hydrogen-bond acceptors (Lipinski definition) is 6. The maximum Gasteiger partial charge on any atom is 0.275 e. The number of methoxy groups -OCH3 is 1. The summed E-state index contributed by atoms with van der Waals surface area (Å²) in [6.45, 7) is 5.97. The summed E-state index contributed by atoms with van der Waals surface area (Å²) < 4.78 is 33.5.